The molecule has 100 valence electrons. The SMILES string of the molecule is Nc1cccc(C(=O)NCCS(=O)(=O)CCCl)c1. The van der Waals surface area contributed by atoms with Crippen molar-refractivity contribution in [3.63, 3.8) is 0 Å². The van der Waals surface area contributed by atoms with Gasteiger partial charge in [0.25, 0.3) is 5.91 Å². The normalized spacial score (nSPS) is 11.2. The number of carbonyl (C=O) groups excluding carboxylic acids is 1. The molecule has 18 heavy (non-hydrogen) atoms. The van der Waals surface area contributed by atoms with E-state index in [1.165, 1.54) is 6.07 Å². The molecule has 0 aliphatic carbocycles. The summed E-state index contributed by atoms with van der Waals surface area (Å²) >= 11 is 5.36. The van der Waals surface area contributed by atoms with Gasteiger partial charge in [-0.1, -0.05) is 6.07 Å². The summed E-state index contributed by atoms with van der Waals surface area (Å²) in [4.78, 5) is 11.7. The molecule has 1 amide bonds. The molecule has 1 rings (SSSR count). The molecule has 0 saturated carbocycles. The van der Waals surface area contributed by atoms with Crippen LogP contribution < -0.4 is 11.1 Å². The number of carbonyl (C=O) groups is 1. The summed E-state index contributed by atoms with van der Waals surface area (Å²) in [5.74, 6) is -0.481. The van der Waals surface area contributed by atoms with Gasteiger partial charge in [0.05, 0.1) is 11.5 Å². The fourth-order valence-corrected chi connectivity index (χ4v) is 2.88. The number of hydrogen-bond acceptors (Lipinski definition) is 4. The molecule has 5 nitrogen and oxygen atoms in total. The first-order chi connectivity index (χ1) is 8.44. The van der Waals surface area contributed by atoms with Crippen LogP contribution in [0.2, 0.25) is 0 Å². The van der Waals surface area contributed by atoms with E-state index in [9.17, 15) is 13.2 Å². The second-order valence-corrected chi connectivity index (χ2v) is 6.40. The molecule has 0 unspecified atom stereocenters. The van der Waals surface area contributed by atoms with E-state index in [0.717, 1.165) is 0 Å². The highest BCUT2D eigenvalue weighted by atomic mass is 35.5. The molecule has 0 aromatic heterocycles. The number of anilines is 1. The minimum Gasteiger partial charge on any atom is -0.399 e. The van der Waals surface area contributed by atoms with Crippen molar-refractivity contribution in [2.45, 2.75) is 0 Å². The summed E-state index contributed by atoms with van der Waals surface area (Å²) < 4.78 is 22.7. The molecule has 1 aromatic carbocycles. The number of halogens is 1. The molecule has 0 fully saturated rings. The van der Waals surface area contributed by atoms with Crippen LogP contribution >= 0.6 is 11.6 Å². The Bertz CT molecular complexity index is 517. The van der Waals surface area contributed by atoms with Crippen molar-refractivity contribution in [3.8, 4) is 0 Å². The first-order valence-electron chi connectivity index (χ1n) is 5.35. The Morgan fingerprint density at radius 3 is 2.67 bits per heavy atom. The quantitative estimate of drug-likeness (QED) is 0.595. The lowest BCUT2D eigenvalue weighted by atomic mass is 10.2. The minimum atomic E-state index is -3.19. The molecular weight excluding hydrogens is 276 g/mol. The molecule has 0 spiro atoms. The van der Waals surface area contributed by atoms with Gasteiger partial charge in [-0.3, -0.25) is 4.79 Å². The Labute approximate surface area is 111 Å². The summed E-state index contributed by atoms with van der Waals surface area (Å²) in [6.07, 6.45) is 0. The molecule has 0 radical (unpaired) electrons. The second kappa shape index (κ2) is 6.61. The second-order valence-electron chi connectivity index (χ2n) is 3.72. The lowest BCUT2D eigenvalue weighted by Gasteiger charge is -2.06. The lowest BCUT2D eigenvalue weighted by Crippen LogP contribution is -2.30. The highest BCUT2D eigenvalue weighted by molar-refractivity contribution is 7.91. The Kier molecular flexibility index (Phi) is 5.43. The summed E-state index contributed by atoms with van der Waals surface area (Å²) in [6.45, 7) is 0.0624. The first-order valence-corrected chi connectivity index (χ1v) is 7.70. The number of amides is 1. The highest BCUT2D eigenvalue weighted by Crippen LogP contribution is 2.05. The fraction of sp³-hybridized carbons (Fsp3) is 0.364. The summed E-state index contributed by atoms with van der Waals surface area (Å²) in [5.41, 5.74) is 6.43. The number of rotatable bonds is 6. The standard InChI is InChI=1S/C11H15ClN2O3S/c12-4-6-18(16,17)7-5-14-11(15)9-2-1-3-10(13)8-9/h1-3,8H,4-7,13H2,(H,14,15). The van der Waals surface area contributed by atoms with Gasteiger partial charge >= 0.3 is 0 Å². The molecule has 7 heteroatoms. The van der Waals surface area contributed by atoms with Crippen molar-refractivity contribution in [3.05, 3.63) is 29.8 Å². The Morgan fingerprint density at radius 2 is 2.06 bits per heavy atom. The topological polar surface area (TPSA) is 89.3 Å². The number of nitrogens with one attached hydrogen (secondary N) is 1. The third kappa shape index (κ3) is 4.93. The van der Waals surface area contributed by atoms with Gasteiger partial charge in [-0.05, 0) is 18.2 Å². The van der Waals surface area contributed by atoms with Crippen LogP contribution in [0.3, 0.4) is 0 Å². The Balaban J connectivity index is 2.48. The molecular formula is C11H15ClN2O3S. The monoisotopic (exact) mass is 290 g/mol. The van der Waals surface area contributed by atoms with Crippen molar-refractivity contribution in [2.24, 2.45) is 0 Å². The van der Waals surface area contributed by atoms with Crippen LogP contribution in [-0.2, 0) is 9.84 Å². The van der Waals surface area contributed by atoms with Crippen molar-refractivity contribution in [1.82, 2.24) is 5.32 Å². The zero-order valence-electron chi connectivity index (χ0n) is 9.73. The van der Waals surface area contributed by atoms with E-state index >= 15 is 0 Å². The van der Waals surface area contributed by atoms with Crippen LogP contribution in [0.15, 0.2) is 24.3 Å². The molecule has 0 aliphatic rings. The molecule has 0 saturated heterocycles. The number of hydrogen-bond donors (Lipinski definition) is 2. The Hall–Kier alpha value is -1.27. The van der Waals surface area contributed by atoms with Gasteiger partial charge in [0.15, 0.2) is 9.84 Å². The molecule has 3 N–H and O–H groups in total. The molecule has 1 aromatic rings. The maximum Gasteiger partial charge on any atom is 0.251 e. The van der Waals surface area contributed by atoms with E-state index in [0.29, 0.717) is 11.3 Å². The van der Waals surface area contributed by atoms with Gasteiger partial charge in [-0.25, -0.2) is 8.42 Å². The van der Waals surface area contributed by atoms with E-state index in [-0.39, 0.29) is 29.8 Å². The van der Waals surface area contributed by atoms with Crippen molar-refractivity contribution in [1.29, 1.82) is 0 Å². The summed E-state index contributed by atoms with van der Waals surface area (Å²) in [6, 6.07) is 6.47. The van der Waals surface area contributed by atoms with E-state index in [1.807, 2.05) is 0 Å². The molecule has 0 heterocycles. The van der Waals surface area contributed by atoms with Gasteiger partial charge in [-0.2, -0.15) is 0 Å². The zero-order chi connectivity index (χ0) is 13.6. The van der Waals surface area contributed by atoms with Crippen LogP contribution in [0.5, 0.6) is 0 Å². The predicted octanol–water partition coefficient (Wildman–Crippen LogP) is 0.652. The number of alkyl halides is 1. The molecule has 0 bridgehead atoms. The number of nitrogens with two attached hydrogens (primary N) is 1. The predicted molar refractivity (Wildman–Crippen MR) is 72.6 cm³/mol. The van der Waals surface area contributed by atoms with Crippen LogP contribution in [0.25, 0.3) is 0 Å². The minimum absolute atomic E-state index is 0.0610. The van der Waals surface area contributed by atoms with Crippen molar-refractivity contribution >= 4 is 33.0 Å². The maximum atomic E-state index is 11.7. The van der Waals surface area contributed by atoms with Gasteiger partial charge in [-0.15, -0.1) is 11.6 Å². The summed E-state index contributed by atoms with van der Waals surface area (Å²) in [7, 11) is -3.19. The molecule has 0 aliphatic heterocycles. The van der Waals surface area contributed by atoms with E-state index in [4.69, 9.17) is 17.3 Å². The van der Waals surface area contributed by atoms with E-state index < -0.39 is 9.84 Å². The van der Waals surface area contributed by atoms with Gasteiger partial charge in [0, 0.05) is 23.7 Å². The zero-order valence-corrected chi connectivity index (χ0v) is 11.3. The summed E-state index contributed by atoms with van der Waals surface area (Å²) in [5, 5.41) is 2.52. The van der Waals surface area contributed by atoms with E-state index in [2.05, 4.69) is 5.32 Å². The smallest absolute Gasteiger partial charge is 0.251 e. The fourth-order valence-electron chi connectivity index (χ4n) is 1.32. The van der Waals surface area contributed by atoms with Crippen LogP contribution in [0.4, 0.5) is 5.69 Å². The Morgan fingerprint density at radius 1 is 1.33 bits per heavy atom. The van der Waals surface area contributed by atoms with Gasteiger partial charge in [0.2, 0.25) is 0 Å². The average Bonchev–Trinajstić information content (AvgIpc) is 2.28. The lowest BCUT2D eigenvalue weighted by molar-refractivity contribution is 0.0956. The first kappa shape index (κ1) is 14.8. The van der Waals surface area contributed by atoms with Crippen LogP contribution in [0, 0.1) is 0 Å². The van der Waals surface area contributed by atoms with Crippen LogP contribution in [0.1, 0.15) is 10.4 Å². The average molecular weight is 291 g/mol. The van der Waals surface area contributed by atoms with Crippen molar-refractivity contribution < 1.29 is 13.2 Å². The largest absolute Gasteiger partial charge is 0.399 e. The van der Waals surface area contributed by atoms with Gasteiger partial charge < -0.3 is 11.1 Å². The van der Waals surface area contributed by atoms with Crippen LogP contribution in [-0.4, -0.2) is 38.3 Å². The highest BCUT2D eigenvalue weighted by Gasteiger charge is 2.11. The third-order valence-corrected chi connectivity index (χ3v) is 4.30. The van der Waals surface area contributed by atoms with E-state index in [1.54, 1.807) is 18.2 Å². The maximum absolute atomic E-state index is 11.7. The molecule has 0 atom stereocenters. The number of sulfone groups is 1. The number of nitrogen functional groups attached to an aromatic ring is 1. The third-order valence-electron chi connectivity index (χ3n) is 2.24. The van der Waals surface area contributed by atoms with Crippen molar-refractivity contribution in [2.75, 3.05) is 29.7 Å². The van der Waals surface area contributed by atoms with Gasteiger partial charge in [0.1, 0.15) is 0 Å². The number of benzene rings is 1.